The first-order valence-electron chi connectivity index (χ1n) is 7.43. The fourth-order valence-corrected chi connectivity index (χ4v) is 2.55. The molecule has 0 radical (unpaired) electrons. The number of unbranched alkanes of at least 4 members (excludes halogenated alkanes) is 1. The number of fused-ring (bicyclic) bond motifs is 1. The molecule has 2 N–H and O–H groups in total. The lowest BCUT2D eigenvalue weighted by Crippen LogP contribution is -2.50. The molecule has 122 valence electrons. The van der Waals surface area contributed by atoms with E-state index >= 15 is 0 Å². The number of nitrogens with one attached hydrogen (secondary N) is 1. The highest BCUT2D eigenvalue weighted by atomic mass is 16.4. The second-order valence-electron chi connectivity index (χ2n) is 5.30. The minimum absolute atomic E-state index is 0.269. The number of carbonyl (C=O) groups is 4. The summed E-state index contributed by atoms with van der Waals surface area (Å²) in [4.78, 5) is 48.7. The van der Waals surface area contributed by atoms with E-state index in [4.69, 9.17) is 5.11 Å². The Kier molecular flexibility index (Phi) is 5.10. The highest BCUT2D eigenvalue weighted by Crippen LogP contribution is 2.26. The number of carbonyl (C=O) groups excluding carboxylic acids is 3. The smallest absolute Gasteiger partial charge is 0.322 e. The van der Waals surface area contributed by atoms with Crippen LogP contribution in [0.3, 0.4) is 0 Å². The molecule has 1 aromatic carbocycles. The number of hydrogen-bond acceptors (Lipinski definition) is 4. The summed E-state index contributed by atoms with van der Waals surface area (Å²) in [5.74, 6) is -2.85. The van der Waals surface area contributed by atoms with Gasteiger partial charge in [-0.15, -0.1) is 0 Å². The summed E-state index contributed by atoms with van der Waals surface area (Å²) in [7, 11) is 0. The number of carboxylic acid groups (broad SMARTS) is 1. The Hall–Kier alpha value is -2.70. The van der Waals surface area contributed by atoms with Crippen LogP contribution in [0.2, 0.25) is 0 Å². The number of amides is 3. The van der Waals surface area contributed by atoms with E-state index in [2.05, 4.69) is 5.32 Å². The van der Waals surface area contributed by atoms with Crippen molar-refractivity contribution in [3.8, 4) is 0 Å². The Morgan fingerprint density at radius 3 is 2.22 bits per heavy atom. The number of benzene rings is 1. The highest BCUT2D eigenvalue weighted by Gasteiger charge is 2.42. The molecule has 0 saturated heterocycles. The summed E-state index contributed by atoms with van der Waals surface area (Å²) in [6, 6.07) is 5.39. The number of aliphatic carboxylic acids is 1. The summed E-state index contributed by atoms with van der Waals surface area (Å²) in [5.41, 5.74) is 0.537. The van der Waals surface area contributed by atoms with E-state index < -0.39 is 36.3 Å². The molecule has 7 nitrogen and oxygen atoms in total. The third-order valence-electron chi connectivity index (χ3n) is 3.68. The summed E-state index contributed by atoms with van der Waals surface area (Å²) in [6.45, 7) is 1.37. The molecule has 0 unspecified atom stereocenters. The molecule has 1 atom stereocenters. The summed E-state index contributed by atoms with van der Waals surface area (Å²) >= 11 is 0. The van der Waals surface area contributed by atoms with Crippen LogP contribution >= 0.6 is 0 Å². The zero-order valence-corrected chi connectivity index (χ0v) is 12.7. The molecular weight excluding hydrogens is 300 g/mol. The topological polar surface area (TPSA) is 104 Å². The van der Waals surface area contributed by atoms with Crippen molar-refractivity contribution in [3.63, 3.8) is 0 Å². The maximum absolute atomic E-state index is 12.5. The number of carboxylic acids is 1. The van der Waals surface area contributed by atoms with Gasteiger partial charge in [0, 0.05) is 0 Å². The summed E-state index contributed by atoms with van der Waals surface area (Å²) < 4.78 is 0. The Morgan fingerprint density at radius 1 is 1.17 bits per heavy atom. The molecule has 0 saturated carbocycles. The van der Waals surface area contributed by atoms with Gasteiger partial charge in [-0.2, -0.15) is 0 Å². The molecule has 1 aromatic rings. The van der Waals surface area contributed by atoms with Gasteiger partial charge in [0.05, 0.1) is 11.1 Å². The quantitative estimate of drug-likeness (QED) is 0.731. The maximum Gasteiger partial charge on any atom is 0.322 e. The van der Waals surface area contributed by atoms with Crippen molar-refractivity contribution in [2.45, 2.75) is 32.2 Å². The van der Waals surface area contributed by atoms with Gasteiger partial charge >= 0.3 is 5.97 Å². The third kappa shape index (κ3) is 3.39. The van der Waals surface area contributed by atoms with Gasteiger partial charge in [0.25, 0.3) is 11.8 Å². The minimum atomic E-state index is -1.19. The predicted molar refractivity (Wildman–Crippen MR) is 80.9 cm³/mol. The minimum Gasteiger partial charge on any atom is -0.480 e. The first-order chi connectivity index (χ1) is 11.0. The standard InChI is InChI=1S/C16H18N2O5/c1-2-3-8-12(14(21)17-9-13(19)20)18-15(22)10-6-4-5-7-11(10)16(18)23/h4-7,12H,2-3,8-9H2,1H3,(H,17,21)(H,19,20)/t12-/m0/s1. The molecular formula is C16H18N2O5. The van der Waals surface area contributed by atoms with Gasteiger partial charge in [-0.3, -0.25) is 24.1 Å². The maximum atomic E-state index is 12.5. The van der Waals surface area contributed by atoms with Crippen LogP contribution in [0.5, 0.6) is 0 Å². The average Bonchev–Trinajstić information content (AvgIpc) is 2.78. The van der Waals surface area contributed by atoms with Crippen molar-refractivity contribution in [1.29, 1.82) is 0 Å². The first kappa shape index (κ1) is 16.7. The van der Waals surface area contributed by atoms with Crippen LogP contribution in [0, 0.1) is 0 Å². The SMILES string of the molecule is CCCC[C@@H](C(=O)NCC(=O)O)N1C(=O)c2ccccc2C1=O. The lowest BCUT2D eigenvalue weighted by molar-refractivity contribution is -0.138. The zero-order valence-electron chi connectivity index (χ0n) is 12.7. The van der Waals surface area contributed by atoms with Gasteiger partial charge in [0.15, 0.2) is 0 Å². The van der Waals surface area contributed by atoms with Crippen LogP contribution in [-0.4, -0.2) is 46.3 Å². The van der Waals surface area contributed by atoms with Crippen molar-refractivity contribution in [3.05, 3.63) is 35.4 Å². The summed E-state index contributed by atoms with van der Waals surface area (Å²) in [6.07, 6.45) is 1.72. The van der Waals surface area contributed by atoms with Crippen LogP contribution in [-0.2, 0) is 9.59 Å². The molecule has 0 spiro atoms. The highest BCUT2D eigenvalue weighted by molar-refractivity contribution is 6.22. The number of hydrogen-bond donors (Lipinski definition) is 2. The molecule has 1 heterocycles. The van der Waals surface area contributed by atoms with E-state index in [0.717, 1.165) is 11.3 Å². The predicted octanol–water partition coefficient (Wildman–Crippen LogP) is 1.04. The average molecular weight is 318 g/mol. The second-order valence-corrected chi connectivity index (χ2v) is 5.30. The summed E-state index contributed by atoms with van der Waals surface area (Å²) in [5, 5.41) is 10.9. The van der Waals surface area contributed by atoms with Crippen LogP contribution in [0.15, 0.2) is 24.3 Å². The number of imide groups is 1. The lowest BCUT2D eigenvalue weighted by atomic mass is 10.1. The Balaban J connectivity index is 2.26. The van der Waals surface area contributed by atoms with Crippen molar-refractivity contribution in [2.75, 3.05) is 6.54 Å². The molecule has 0 aromatic heterocycles. The Bertz CT molecular complexity index is 621. The van der Waals surface area contributed by atoms with Gasteiger partial charge < -0.3 is 10.4 Å². The van der Waals surface area contributed by atoms with Gasteiger partial charge in [-0.05, 0) is 18.6 Å². The molecule has 23 heavy (non-hydrogen) atoms. The normalized spacial score (nSPS) is 14.6. The van der Waals surface area contributed by atoms with E-state index in [9.17, 15) is 19.2 Å². The van der Waals surface area contributed by atoms with Gasteiger partial charge in [0.1, 0.15) is 12.6 Å². The fraction of sp³-hybridized carbons (Fsp3) is 0.375. The lowest BCUT2D eigenvalue weighted by Gasteiger charge is -2.25. The molecule has 2 rings (SSSR count). The number of nitrogens with zero attached hydrogens (tertiary/aromatic N) is 1. The van der Waals surface area contributed by atoms with Crippen LogP contribution < -0.4 is 5.32 Å². The van der Waals surface area contributed by atoms with E-state index in [-0.39, 0.29) is 11.1 Å². The molecule has 0 aliphatic carbocycles. The van der Waals surface area contributed by atoms with E-state index in [1.807, 2.05) is 6.92 Å². The van der Waals surface area contributed by atoms with Gasteiger partial charge in [-0.1, -0.05) is 31.9 Å². The van der Waals surface area contributed by atoms with Crippen molar-refractivity contribution in [1.82, 2.24) is 10.2 Å². The largest absolute Gasteiger partial charge is 0.480 e. The van der Waals surface area contributed by atoms with E-state index in [0.29, 0.717) is 12.8 Å². The number of rotatable bonds is 7. The van der Waals surface area contributed by atoms with Crippen LogP contribution in [0.1, 0.15) is 46.9 Å². The first-order valence-corrected chi connectivity index (χ1v) is 7.43. The molecule has 3 amide bonds. The molecule has 0 fully saturated rings. The third-order valence-corrected chi connectivity index (χ3v) is 3.68. The molecule has 7 heteroatoms. The van der Waals surface area contributed by atoms with Crippen molar-refractivity contribution in [2.24, 2.45) is 0 Å². The fourth-order valence-electron chi connectivity index (χ4n) is 2.55. The Morgan fingerprint density at radius 2 is 1.74 bits per heavy atom. The molecule has 1 aliphatic heterocycles. The molecule has 0 bridgehead atoms. The van der Waals surface area contributed by atoms with E-state index in [1.165, 1.54) is 0 Å². The zero-order chi connectivity index (χ0) is 17.0. The molecule has 1 aliphatic rings. The van der Waals surface area contributed by atoms with E-state index in [1.54, 1.807) is 24.3 Å². The monoisotopic (exact) mass is 318 g/mol. The second kappa shape index (κ2) is 7.04. The van der Waals surface area contributed by atoms with Gasteiger partial charge in [0.2, 0.25) is 5.91 Å². The Labute approximate surface area is 133 Å². The van der Waals surface area contributed by atoms with Crippen molar-refractivity contribution < 1.29 is 24.3 Å². The van der Waals surface area contributed by atoms with Crippen LogP contribution in [0.25, 0.3) is 0 Å². The van der Waals surface area contributed by atoms with Crippen molar-refractivity contribution >= 4 is 23.7 Å². The van der Waals surface area contributed by atoms with Crippen LogP contribution in [0.4, 0.5) is 0 Å². The van der Waals surface area contributed by atoms with Gasteiger partial charge in [-0.25, -0.2) is 0 Å².